The molecule has 2 bridgehead atoms. The fourth-order valence-corrected chi connectivity index (χ4v) is 6.35. The molecule has 3 aliphatic carbocycles. The van der Waals surface area contributed by atoms with Gasteiger partial charge in [-0.2, -0.15) is 0 Å². The summed E-state index contributed by atoms with van der Waals surface area (Å²) < 4.78 is 1.70. The number of hydrogen-bond donors (Lipinski definition) is 2. The summed E-state index contributed by atoms with van der Waals surface area (Å²) in [6.45, 7) is 6.37. The number of pyridine rings is 1. The van der Waals surface area contributed by atoms with Crippen LogP contribution in [-0.4, -0.2) is 51.6 Å². The molecule has 6 rings (SSSR count). The molecule has 8 heteroatoms. The topological polar surface area (TPSA) is 110 Å². The van der Waals surface area contributed by atoms with Gasteiger partial charge in [-0.3, -0.25) is 18.8 Å². The van der Waals surface area contributed by atoms with Gasteiger partial charge in [0.05, 0.1) is 0 Å². The van der Waals surface area contributed by atoms with Gasteiger partial charge in [-0.15, -0.1) is 0 Å². The van der Waals surface area contributed by atoms with Crippen LogP contribution in [0.4, 0.5) is 0 Å². The van der Waals surface area contributed by atoms with Crippen molar-refractivity contribution in [2.24, 2.45) is 34.8 Å². The van der Waals surface area contributed by atoms with Crippen molar-refractivity contribution in [3.8, 4) is 0 Å². The number of hydrogen-bond acceptors (Lipinski definition) is 4. The molecule has 2 aromatic heterocycles. The molecule has 176 valence electrons. The second-order valence-electron chi connectivity index (χ2n) is 10.6. The summed E-state index contributed by atoms with van der Waals surface area (Å²) in [5, 5.41) is 3.14. The Morgan fingerprint density at radius 3 is 2.58 bits per heavy atom. The van der Waals surface area contributed by atoms with Crippen LogP contribution in [0.15, 0.2) is 24.4 Å². The predicted molar refractivity (Wildman–Crippen MR) is 123 cm³/mol. The zero-order chi connectivity index (χ0) is 23.3. The number of primary amides is 1. The zero-order valence-electron chi connectivity index (χ0n) is 19.4. The average molecular weight is 452 g/mol. The van der Waals surface area contributed by atoms with Gasteiger partial charge in [-0.1, -0.05) is 19.9 Å². The van der Waals surface area contributed by atoms with Crippen LogP contribution < -0.4 is 11.1 Å². The second-order valence-corrected chi connectivity index (χ2v) is 10.6. The molecule has 3 amide bonds. The molecule has 1 saturated heterocycles. The highest BCUT2D eigenvalue weighted by Crippen LogP contribution is 2.61. The van der Waals surface area contributed by atoms with Crippen LogP contribution in [0.2, 0.25) is 0 Å². The normalized spacial score (nSPS) is 26.6. The molecule has 2 aromatic rings. The SMILES string of the molecule is CC1(C)[C@H]2CC[C@@H](CNC(=O)c3cccc4nc(C(=O)N5CCC(C(N)=O)CC5)cn34)[C@H]1C2. The van der Waals surface area contributed by atoms with E-state index < -0.39 is 0 Å². The number of nitrogens with two attached hydrogens (primary N) is 1. The maximum atomic E-state index is 13.1. The number of likely N-dealkylation sites (tertiary alicyclic amines) is 1. The maximum Gasteiger partial charge on any atom is 0.274 e. The maximum absolute atomic E-state index is 13.1. The highest BCUT2D eigenvalue weighted by molar-refractivity contribution is 5.95. The van der Waals surface area contributed by atoms with Crippen molar-refractivity contribution in [3.63, 3.8) is 0 Å². The third-order valence-electron chi connectivity index (χ3n) is 8.65. The fraction of sp³-hybridized carbons (Fsp3) is 0.600. The Kier molecular flexibility index (Phi) is 5.41. The van der Waals surface area contributed by atoms with Crippen molar-refractivity contribution >= 4 is 23.4 Å². The summed E-state index contributed by atoms with van der Waals surface area (Å²) in [5.41, 5.74) is 7.14. The molecule has 3 heterocycles. The molecule has 0 unspecified atom stereocenters. The van der Waals surface area contributed by atoms with Crippen molar-refractivity contribution in [1.82, 2.24) is 19.6 Å². The van der Waals surface area contributed by atoms with Crippen LogP contribution in [0, 0.1) is 29.1 Å². The molecular weight excluding hydrogens is 418 g/mol. The molecule has 0 radical (unpaired) electrons. The Morgan fingerprint density at radius 1 is 1.15 bits per heavy atom. The molecule has 3 atom stereocenters. The fourth-order valence-electron chi connectivity index (χ4n) is 6.35. The molecule has 4 fully saturated rings. The summed E-state index contributed by atoms with van der Waals surface area (Å²) in [6, 6.07) is 5.36. The number of aromatic nitrogens is 2. The van der Waals surface area contributed by atoms with Gasteiger partial charge in [0.15, 0.2) is 0 Å². The number of carbonyl (C=O) groups is 3. The summed E-state index contributed by atoms with van der Waals surface area (Å²) in [4.78, 5) is 43.6. The predicted octanol–water partition coefficient (Wildman–Crippen LogP) is 2.47. The molecule has 3 saturated carbocycles. The summed E-state index contributed by atoms with van der Waals surface area (Å²) in [6.07, 6.45) is 6.51. The Morgan fingerprint density at radius 2 is 1.91 bits per heavy atom. The van der Waals surface area contributed by atoms with E-state index in [0.717, 1.165) is 5.92 Å². The van der Waals surface area contributed by atoms with Crippen LogP contribution in [0.5, 0.6) is 0 Å². The van der Waals surface area contributed by atoms with E-state index in [4.69, 9.17) is 5.73 Å². The Labute approximate surface area is 193 Å². The molecular formula is C25H33N5O3. The van der Waals surface area contributed by atoms with Gasteiger partial charge in [0.2, 0.25) is 5.91 Å². The largest absolute Gasteiger partial charge is 0.369 e. The van der Waals surface area contributed by atoms with Crippen molar-refractivity contribution in [3.05, 3.63) is 35.8 Å². The van der Waals surface area contributed by atoms with E-state index >= 15 is 0 Å². The first-order valence-corrected chi connectivity index (χ1v) is 12.1. The smallest absolute Gasteiger partial charge is 0.274 e. The lowest BCUT2D eigenvalue weighted by Gasteiger charge is -2.60. The Bertz CT molecular complexity index is 1100. The first-order valence-electron chi connectivity index (χ1n) is 12.1. The molecule has 1 aliphatic heterocycles. The van der Waals surface area contributed by atoms with E-state index in [-0.39, 0.29) is 23.6 Å². The van der Waals surface area contributed by atoms with Crippen LogP contribution >= 0.6 is 0 Å². The molecule has 3 N–H and O–H groups in total. The standard InChI is InChI=1S/C25H33N5O3/c1-25(2)17-7-6-16(18(25)12-17)13-27-23(32)20-4-3-5-21-28-19(14-30(20)21)24(33)29-10-8-15(9-11-29)22(26)31/h3-5,14-18H,6-13H2,1-2H3,(H2,26,31)(H,27,32)/t16-,17-,18+/m0/s1. The first-order chi connectivity index (χ1) is 15.8. The van der Waals surface area contributed by atoms with Crippen molar-refractivity contribution in [2.45, 2.75) is 46.0 Å². The third kappa shape index (κ3) is 3.79. The molecule has 4 aliphatic rings. The van der Waals surface area contributed by atoms with Crippen LogP contribution in [0.3, 0.4) is 0 Å². The quantitative estimate of drug-likeness (QED) is 0.728. The lowest BCUT2D eigenvalue weighted by Crippen LogP contribution is -2.54. The van der Waals surface area contributed by atoms with Crippen LogP contribution in [0.1, 0.15) is 66.9 Å². The van der Waals surface area contributed by atoms with Gasteiger partial charge in [-0.05, 0) is 67.4 Å². The van der Waals surface area contributed by atoms with Gasteiger partial charge >= 0.3 is 0 Å². The van der Waals surface area contributed by atoms with Crippen LogP contribution in [-0.2, 0) is 4.79 Å². The van der Waals surface area contributed by atoms with Crippen molar-refractivity contribution < 1.29 is 14.4 Å². The monoisotopic (exact) mass is 451 g/mol. The lowest BCUT2D eigenvalue weighted by atomic mass is 9.45. The van der Waals surface area contributed by atoms with Gasteiger partial charge in [0.1, 0.15) is 17.0 Å². The molecule has 0 aromatic carbocycles. The van der Waals surface area contributed by atoms with E-state index in [1.54, 1.807) is 33.7 Å². The number of carbonyl (C=O) groups excluding carboxylic acids is 3. The number of fused-ring (bicyclic) bond motifs is 3. The number of nitrogens with one attached hydrogen (secondary N) is 1. The van der Waals surface area contributed by atoms with E-state index in [9.17, 15) is 14.4 Å². The number of nitrogens with zero attached hydrogens (tertiary/aromatic N) is 3. The van der Waals surface area contributed by atoms with Gasteiger partial charge < -0.3 is 16.0 Å². The summed E-state index contributed by atoms with van der Waals surface area (Å²) in [5.74, 6) is 1.24. The molecule has 0 spiro atoms. The van der Waals surface area contributed by atoms with E-state index in [2.05, 4.69) is 24.1 Å². The average Bonchev–Trinajstić information content (AvgIpc) is 3.26. The first kappa shape index (κ1) is 21.9. The Hall–Kier alpha value is -2.90. The van der Waals surface area contributed by atoms with Crippen LogP contribution in [0.25, 0.3) is 5.65 Å². The van der Waals surface area contributed by atoms with E-state index in [1.807, 2.05) is 0 Å². The third-order valence-corrected chi connectivity index (χ3v) is 8.65. The number of amides is 3. The lowest BCUT2D eigenvalue weighted by molar-refractivity contribution is -0.123. The van der Waals surface area contributed by atoms with E-state index in [1.165, 1.54) is 19.3 Å². The van der Waals surface area contributed by atoms with Crippen molar-refractivity contribution in [2.75, 3.05) is 19.6 Å². The Balaban J connectivity index is 1.27. The number of piperidine rings is 1. The molecule has 33 heavy (non-hydrogen) atoms. The highest BCUT2D eigenvalue weighted by Gasteiger charge is 2.53. The highest BCUT2D eigenvalue weighted by atomic mass is 16.2. The van der Waals surface area contributed by atoms with Gasteiger partial charge in [0.25, 0.3) is 11.8 Å². The van der Waals surface area contributed by atoms with E-state index in [0.29, 0.717) is 66.8 Å². The minimum absolute atomic E-state index is 0.140. The minimum atomic E-state index is -0.306. The van der Waals surface area contributed by atoms with Gasteiger partial charge in [-0.25, -0.2) is 4.98 Å². The van der Waals surface area contributed by atoms with Gasteiger partial charge in [0, 0.05) is 31.7 Å². The second kappa shape index (κ2) is 8.15. The number of imidazole rings is 1. The summed E-state index contributed by atoms with van der Waals surface area (Å²) in [7, 11) is 0. The minimum Gasteiger partial charge on any atom is -0.369 e. The zero-order valence-corrected chi connectivity index (χ0v) is 19.4. The number of rotatable bonds is 5. The van der Waals surface area contributed by atoms with Crippen molar-refractivity contribution in [1.29, 1.82) is 0 Å². The molecule has 8 nitrogen and oxygen atoms in total. The summed E-state index contributed by atoms with van der Waals surface area (Å²) >= 11 is 0.